The highest BCUT2D eigenvalue weighted by Crippen LogP contribution is 2.21. The van der Waals surface area contributed by atoms with Crippen LogP contribution in [0.15, 0.2) is 28.9 Å². The van der Waals surface area contributed by atoms with Gasteiger partial charge in [0.15, 0.2) is 0 Å². The summed E-state index contributed by atoms with van der Waals surface area (Å²) in [6.45, 7) is 0.678. The first-order valence-electron chi connectivity index (χ1n) is 4.91. The lowest BCUT2D eigenvalue weighted by atomic mass is 10.2. The van der Waals surface area contributed by atoms with Gasteiger partial charge in [0.2, 0.25) is 0 Å². The number of benzene rings is 1. The van der Waals surface area contributed by atoms with Crippen LogP contribution in [0.4, 0.5) is 0 Å². The van der Waals surface area contributed by atoms with Crippen molar-refractivity contribution in [3.05, 3.63) is 34.7 Å². The van der Waals surface area contributed by atoms with Crippen LogP contribution in [0.5, 0.6) is 0 Å². The van der Waals surface area contributed by atoms with Crippen molar-refractivity contribution in [1.29, 1.82) is 0 Å². The van der Waals surface area contributed by atoms with E-state index in [-0.39, 0.29) is 0 Å². The molecule has 3 nitrogen and oxygen atoms in total. The zero-order valence-corrected chi connectivity index (χ0v) is 9.87. The van der Waals surface area contributed by atoms with Crippen molar-refractivity contribution in [2.45, 2.75) is 12.8 Å². The van der Waals surface area contributed by atoms with Gasteiger partial charge in [0.25, 0.3) is 0 Å². The van der Waals surface area contributed by atoms with E-state index in [0.29, 0.717) is 6.54 Å². The second-order valence-electron chi connectivity index (χ2n) is 3.36. The molecule has 0 atom stereocenters. The standard InChI is InChI=1S/C11H12BrN3/c12-9-4-1-3-8-7-14-10(5-2-6-13)15-11(8)9/h1,3-4,7H,2,5-6,13H2. The molecule has 2 rings (SSSR count). The summed E-state index contributed by atoms with van der Waals surface area (Å²) in [5.74, 6) is 0.861. The number of aromatic nitrogens is 2. The summed E-state index contributed by atoms with van der Waals surface area (Å²) in [5, 5.41) is 1.06. The lowest BCUT2D eigenvalue weighted by Crippen LogP contribution is -2.03. The summed E-state index contributed by atoms with van der Waals surface area (Å²) in [6.07, 6.45) is 3.63. The van der Waals surface area contributed by atoms with Gasteiger partial charge in [-0.3, -0.25) is 0 Å². The highest BCUT2D eigenvalue weighted by Gasteiger charge is 2.02. The van der Waals surface area contributed by atoms with Crippen molar-refractivity contribution < 1.29 is 0 Å². The van der Waals surface area contributed by atoms with Gasteiger partial charge in [-0.25, -0.2) is 9.97 Å². The lowest BCUT2D eigenvalue weighted by molar-refractivity contribution is 0.786. The third-order valence-corrected chi connectivity index (χ3v) is 2.86. The Balaban J connectivity index is 2.41. The number of fused-ring (bicyclic) bond motifs is 1. The summed E-state index contributed by atoms with van der Waals surface area (Å²) in [4.78, 5) is 8.80. The van der Waals surface area contributed by atoms with Crippen LogP contribution in [-0.2, 0) is 6.42 Å². The van der Waals surface area contributed by atoms with Crippen molar-refractivity contribution in [2.24, 2.45) is 5.73 Å². The maximum absolute atomic E-state index is 5.45. The first-order chi connectivity index (χ1) is 7.31. The molecule has 1 heterocycles. The van der Waals surface area contributed by atoms with Gasteiger partial charge in [0.05, 0.1) is 5.52 Å². The number of halogens is 1. The molecule has 0 unspecified atom stereocenters. The number of nitrogens with zero attached hydrogens (tertiary/aromatic N) is 2. The molecule has 0 aliphatic heterocycles. The van der Waals surface area contributed by atoms with E-state index in [1.165, 1.54) is 0 Å². The molecule has 0 aliphatic carbocycles. The van der Waals surface area contributed by atoms with E-state index in [1.54, 1.807) is 0 Å². The van der Waals surface area contributed by atoms with Crippen molar-refractivity contribution in [3.63, 3.8) is 0 Å². The monoisotopic (exact) mass is 265 g/mol. The fraction of sp³-hybridized carbons (Fsp3) is 0.273. The maximum Gasteiger partial charge on any atom is 0.129 e. The van der Waals surface area contributed by atoms with E-state index < -0.39 is 0 Å². The van der Waals surface area contributed by atoms with Gasteiger partial charge < -0.3 is 5.73 Å². The largest absolute Gasteiger partial charge is 0.330 e. The van der Waals surface area contributed by atoms with E-state index in [1.807, 2.05) is 24.4 Å². The van der Waals surface area contributed by atoms with Crippen molar-refractivity contribution >= 4 is 26.8 Å². The Morgan fingerprint density at radius 3 is 3.00 bits per heavy atom. The van der Waals surface area contributed by atoms with Crippen molar-refractivity contribution in [1.82, 2.24) is 9.97 Å². The predicted molar refractivity (Wildman–Crippen MR) is 64.6 cm³/mol. The first-order valence-corrected chi connectivity index (χ1v) is 5.71. The van der Waals surface area contributed by atoms with Gasteiger partial charge in [0.1, 0.15) is 5.82 Å². The molecule has 0 radical (unpaired) electrons. The van der Waals surface area contributed by atoms with Crippen LogP contribution in [0.2, 0.25) is 0 Å². The zero-order chi connectivity index (χ0) is 10.7. The normalized spacial score (nSPS) is 10.8. The SMILES string of the molecule is NCCCc1ncc2cccc(Br)c2n1. The summed E-state index contributed by atoms with van der Waals surface area (Å²) < 4.78 is 1.01. The zero-order valence-electron chi connectivity index (χ0n) is 8.28. The molecular formula is C11H12BrN3. The van der Waals surface area contributed by atoms with Gasteiger partial charge in [-0.05, 0) is 35.0 Å². The molecule has 0 amide bonds. The minimum atomic E-state index is 0.678. The molecule has 2 N–H and O–H groups in total. The molecule has 4 heteroatoms. The van der Waals surface area contributed by atoms with Crippen molar-refractivity contribution in [2.75, 3.05) is 6.54 Å². The molecule has 78 valence electrons. The number of hydrogen-bond acceptors (Lipinski definition) is 3. The predicted octanol–water partition coefficient (Wildman–Crippen LogP) is 2.28. The Labute approximate surface area is 96.9 Å². The molecule has 15 heavy (non-hydrogen) atoms. The van der Waals surface area contributed by atoms with Crippen LogP contribution >= 0.6 is 15.9 Å². The topological polar surface area (TPSA) is 51.8 Å². The minimum absolute atomic E-state index is 0.678. The second kappa shape index (κ2) is 4.68. The fourth-order valence-electron chi connectivity index (χ4n) is 1.44. The van der Waals surface area contributed by atoms with Gasteiger partial charge in [-0.2, -0.15) is 0 Å². The number of rotatable bonds is 3. The highest BCUT2D eigenvalue weighted by molar-refractivity contribution is 9.10. The van der Waals surface area contributed by atoms with Crippen LogP contribution < -0.4 is 5.73 Å². The van der Waals surface area contributed by atoms with Gasteiger partial charge >= 0.3 is 0 Å². The average Bonchev–Trinajstić information content (AvgIpc) is 2.27. The molecule has 2 aromatic rings. The van der Waals surface area contributed by atoms with Crippen LogP contribution in [0.25, 0.3) is 10.9 Å². The average molecular weight is 266 g/mol. The Kier molecular flexibility index (Phi) is 3.28. The molecule has 0 fully saturated rings. The quantitative estimate of drug-likeness (QED) is 0.927. The molecular weight excluding hydrogens is 254 g/mol. The molecule has 0 bridgehead atoms. The molecule has 0 saturated carbocycles. The van der Waals surface area contributed by atoms with Gasteiger partial charge in [0, 0.05) is 22.5 Å². The number of hydrogen-bond donors (Lipinski definition) is 1. The summed E-state index contributed by atoms with van der Waals surface area (Å²) >= 11 is 3.48. The minimum Gasteiger partial charge on any atom is -0.330 e. The van der Waals surface area contributed by atoms with Crippen molar-refractivity contribution in [3.8, 4) is 0 Å². The summed E-state index contributed by atoms with van der Waals surface area (Å²) in [5.41, 5.74) is 6.43. The second-order valence-corrected chi connectivity index (χ2v) is 4.21. The smallest absolute Gasteiger partial charge is 0.129 e. The van der Waals surface area contributed by atoms with Crippen LogP contribution in [0.3, 0.4) is 0 Å². The number of para-hydroxylation sites is 1. The van der Waals surface area contributed by atoms with Crippen LogP contribution in [-0.4, -0.2) is 16.5 Å². The lowest BCUT2D eigenvalue weighted by Gasteiger charge is -2.02. The number of aryl methyl sites for hydroxylation is 1. The number of nitrogens with two attached hydrogens (primary N) is 1. The Bertz CT molecular complexity index is 470. The van der Waals surface area contributed by atoms with E-state index in [0.717, 1.165) is 34.0 Å². The Morgan fingerprint density at radius 2 is 2.20 bits per heavy atom. The van der Waals surface area contributed by atoms with E-state index >= 15 is 0 Å². The Morgan fingerprint density at radius 1 is 1.33 bits per heavy atom. The molecule has 1 aromatic carbocycles. The molecule has 0 spiro atoms. The third kappa shape index (κ3) is 2.33. The highest BCUT2D eigenvalue weighted by atomic mass is 79.9. The summed E-state index contributed by atoms with van der Waals surface area (Å²) in [6, 6.07) is 5.98. The fourth-order valence-corrected chi connectivity index (χ4v) is 1.91. The first kappa shape index (κ1) is 10.5. The maximum atomic E-state index is 5.45. The summed E-state index contributed by atoms with van der Waals surface area (Å²) in [7, 11) is 0. The van der Waals surface area contributed by atoms with E-state index in [2.05, 4.69) is 25.9 Å². The van der Waals surface area contributed by atoms with Crippen LogP contribution in [0.1, 0.15) is 12.2 Å². The third-order valence-electron chi connectivity index (χ3n) is 2.22. The molecule has 1 aromatic heterocycles. The van der Waals surface area contributed by atoms with Gasteiger partial charge in [-0.1, -0.05) is 12.1 Å². The molecule has 0 aliphatic rings. The van der Waals surface area contributed by atoms with E-state index in [4.69, 9.17) is 5.73 Å². The van der Waals surface area contributed by atoms with Crippen LogP contribution in [0, 0.1) is 0 Å². The Hall–Kier alpha value is -1.00. The van der Waals surface area contributed by atoms with E-state index in [9.17, 15) is 0 Å². The van der Waals surface area contributed by atoms with Gasteiger partial charge in [-0.15, -0.1) is 0 Å². The molecule has 0 saturated heterocycles.